The van der Waals surface area contributed by atoms with E-state index in [9.17, 15) is 20.1 Å². The van der Waals surface area contributed by atoms with Gasteiger partial charge in [-0.05, 0) is 54.0 Å². The summed E-state index contributed by atoms with van der Waals surface area (Å²) in [6.45, 7) is 1.80. The van der Waals surface area contributed by atoms with Crippen molar-refractivity contribution in [1.29, 1.82) is 0 Å². The van der Waals surface area contributed by atoms with Crippen LogP contribution in [0, 0.1) is 0 Å². The van der Waals surface area contributed by atoms with Gasteiger partial charge in [0, 0.05) is 5.57 Å². The first kappa shape index (κ1) is 18.1. The second kappa shape index (κ2) is 8.55. The highest BCUT2D eigenvalue weighted by atomic mass is 16.3. The molecule has 3 N–H and O–H groups in total. The Bertz CT molecular complexity index is 810. The number of ketones is 1. The molecule has 0 fully saturated rings. The Morgan fingerprint density at radius 1 is 0.840 bits per heavy atom. The highest BCUT2D eigenvalue weighted by Gasteiger charge is 2.08. The fraction of sp³-hybridized carbons (Fsp3) is 0.0952. The molecule has 0 aliphatic rings. The van der Waals surface area contributed by atoms with Crippen LogP contribution in [0.5, 0.6) is 11.5 Å². The van der Waals surface area contributed by atoms with Crippen LogP contribution in [0.1, 0.15) is 24.5 Å². The summed E-state index contributed by atoms with van der Waals surface area (Å²) in [7, 11) is 0. The van der Waals surface area contributed by atoms with Gasteiger partial charge in [-0.3, -0.25) is 4.79 Å². The van der Waals surface area contributed by atoms with Gasteiger partial charge in [-0.1, -0.05) is 43.3 Å². The molecule has 25 heavy (non-hydrogen) atoms. The van der Waals surface area contributed by atoms with Gasteiger partial charge < -0.3 is 15.3 Å². The zero-order valence-electron chi connectivity index (χ0n) is 13.9. The number of carbonyl (C=O) groups is 1. The summed E-state index contributed by atoms with van der Waals surface area (Å²) in [6, 6.07) is 13.0. The molecule has 0 radical (unpaired) electrons. The topological polar surface area (TPSA) is 77.8 Å². The van der Waals surface area contributed by atoms with Gasteiger partial charge in [-0.25, -0.2) is 0 Å². The normalized spacial score (nSPS) is 12.5. The second-order valence-corrected chi connectivity index (χ2v) is 5.43. The lowest BCUT2D eigenvalue weighted by Gasteiger charge is -2.02. The van der Waals surface area contributed by atoms with E-state index in [4.69, 9.17) is 0 Å². The molecule has 2 rings (SSSR count). The molecule has 0 bridgehead atoms. The molecular formula is C21H20O4. The SMILES string of the molecule is CC/C(C(=O)/C=C/c1ccc(O)cc1)=C(O)\C=C\c1ccc(O)cc1. The summed E-state index contributed by atoms with van der Waals surface area (Å²) in [6.07, 6.45) is 6.56. The number of aliphatic hydroxyl groups excluding tert-OH is 1. The van der Waals surface area contributed by atoms with Crippen molar-refractivity contribution >= 4 is 17.9 Å². The molecule has 0 saturated heterocycles. The van der Waals surface area contributed by atoms with Crippen LogP contribution in [-0.2, 0) is 4.79 Å². The molecule has 0 heterocycles. The molecule has 128 valence electrons. The van der Waals surface area contributed by atoms with E-state index in [1.807, 2.05) is 0 Å². The number of phenolic OH excluding ortho intramolecular Hbond substituents is 2. The number of hydrogen-bond acceptors (Lipinski definition) is 4. The first-order valence-electron chi connectivity index (χ1n) is 7.90. The molecule has 4 heteroatoms. The molecule has 2 aromatic rings. The molecule has 0 aliphatic heterocycles. The van der Waals surface area contributed by atoms with Crippen molar-refractivity contribution in [1.82, 2.24) is 0 Å². The predicted molar refractivity (Wildman–Crippen MR) is 99.2 cm³/mol. The zero-order chi connectivity index (χ0) is 18.2. The third-order valence-electron chi connectivity index (χ3n) is 3.61. The Kier molecular flexibility index (Phi) is 6.18. The van der Waals surface area contributed by atoms with E-state index in [2.05, 4.69) is 0 Å². The van der Waals surface area contributed by atoms with Crippen molar-refractivity contribution in [2.24, 2.45) is 0 Å². The van der Waals surface area contributed by atoms with Crippen LogP contribution >= 0.6 is 0 Å². The Hall–Kier alpha value is -3.27. The molecular weight excluding hydrogens is 316 g/mol. The maximum atomic E-state index is 12.3. The van der Waals surface area contributed by atoms with Gasteiger partial charge in [0.1, 0.15) is 17.3 Å². The van der Waals surface area contributed by atoms with Crippen molar-refractivity contribution < 1.29 is 20.1 Å². The monoisotopic (exact) mass is 336 g/mol. The average Bonchev–Trinajstić information content (AvgIpc) is 2.61. The number of allylic oxidation sites excluding steroid dienone is 3. The highest BCUT2D eigenvalue weighted by Crippen LogP contribution is 2.16. The fourth-order valence-corrected chi connectivity index (χ4v) is 2.20. The minimum absolute atomic E-state index is 0.0871. The second-order valence-electron chi connectivity index (χ2n) is 5.43. The molecule has 0 aliphatic carbocycles. The van der Waals surface area contributed by atoms with Gasteiger partial charge in [0.05, 0.1) is 0 Å². The van der Waals surface area contributed by atoms with E-state index >= 15 is 0 Å². The van der Waals surface area contributed by atoms with E-state index < -0.39 is 0 Å². The van der Waals surface area contributed by atoms with Gasteiger partial charge in [-0.2, -0.15) is 0 Å². The van der Waals surface area contributed by atoms with E-state index in [0.29, 0.717) is 12.0 Å². The summed E-state index contributed by atoms with van der Waals surface area (Å²) in [5.41, 5.74) is 1.89. The summed E-state index contributed by atoms with van der Waals surface area (Å²) in [5, 5.41) is 28.7. The summed E-state index contributed by atoms with van der Waals surface area (Å²) in [4.78, 5) is 12.3. The Balaban J connectivity index is 2.14. The molecule has 0 saturated carbocycles. The Labute approximate surface area is 146 Å². The van der Waals surface area contributed by atoms with E-state index in [1.165, 1.54) is 12.2 Å². The quantitative estimate of drug-likeness (QED) is 0.409. The Morgan fingerprint density at radius 3 is 1.72 bits per heavy atom. The largest absolute Gasteiger partial charge is 0.508 e. The van der Waals surface area contributed by atoms with Crippen molar-refractivity contribution in [3.63, 3.8) is 0 Å². The van der Waals surface area contributed by atoms with Gasteiger partial charge in [-0.15, -0.1) is 0 Å². The zero-order valence-corrected chi connectivity index (χ0v) is 13.9. The molecule has 4 nitrogen and oxygen atoms in total. The molecule has 0 amide bonds. The van der Waals surface area contributed by atoms with Crippen LogP contribution in [0.3, 0.4) is 0 Å². The number of hydrogen-bond donors (Lipinski definition) is 3. The molecule has 0 unspecified atom stereocenters. The summed E-state index contributed by atoms with van der Waals surface area (Å²) < 4.78 is 0. The lowest BCUT2D eigenvalue weighted by Crippen LogP contribution is -2.01. The van der Waals surface area contributed by atoms with E-state index in [0.717, 1.165) is 11.1 Å². The van der Waals surface area contributed by atoms with Crippen molar-refractivity contribution in [2.45, 2.75) is 13.3 Å². The molecule has 0 spiro atoms. The number of carbonyl (C=O) groups excluding carboxylic acids is 1. The predicted octanol–water partition coefficient (Wildman–Crippen LogP) is 4.62. The Morgan fingerprint density at radius 2 is 1.28 bits per heavy atom. The number of phenols is 2. The van der Waals surface area contributed by atoms with Crippen LogP contribution in [0.4, 0.5) is 0 Å². The molecule has 0 atom stereocenters. The fourth-order valence-electron chi connectivity index (χ4n) is 2.20. The third kappa shape index (κ3) is 5.39. The lowest BCUT2D eigenvalue weighted by molar-refractivity contribution is -0.111. The van der Waals surface area contributed by atoms with Crippen LogP contribution in [-0.4, -0.2) is 21.1 Å². The standard InChI is InChI=1S/C21H20O4/c1-2-19(20(24)13-7-15-3-9-17(22)10-4-15)21(25)14-8-16-5-11-18(23)12-6-16/h3-14,22-24H,2H2,1H3/b13-7+,14-8+,20-19-. The maximum absolute atomic E-state index is 12.3. The molecule has 2 aromatic carbocycles. The van der Waals surface area contributed by atoms with Crippen LogP contribution < -0.4 is 0 Å². The number of aromatic hydroxyl groups is 2. The summed E-state index contributed by atoms with van der Waals surface area (Å²) >= 11 is 0. The van der Waals surface area contributed by atoms with Gasteiger partial charge in [0.15, 0.2) is 5.78 Å². The smallest absolute Gasteiger partial charge is 0.185 e. The third-order valence-corrected chi connectivity index (χ3v) is 3.61. The number of rotatable bonds is 6. The van der Waals surface area contributed by atoms with E-state index in [1.54, 1.807) is 67.6 Å². The van der Waals surface area contributed by atoms with Gasteiger partial charge in [0.25, 0.3) is 0 Å². The lowest BCUT2D eigenvalue weighted by atomic mass is 10.0. The molecule has 0 aromatic heterocycles. The van der Waals surface area contributed by atoms with Crippen LogP contribution in [0.2, 0.25) is 0 Å². The minimum atomic E-state index is -0.275. The highest BCUT2D eigenvalue weighted by molar-refractivity contribution is 6.06. The number of benzene rings is 2. The van der Waals surface area contributed by atoms with Crippen molar-refractivity contribution in [3.8, 4) is 11.5 Å². The van der Waals surface area contributed by atoms with Crippen LogP contribution in [0.15, 0.2) is 72.0 Å². The van der Waals surface area contributed by atoms with Crippen molar-refractivity contribution in [3.05, 3.63) is 83.1 Å². The summed E-state index contributed by atoms with van der Waals surface area (Å²) in [5.74, 6) is -0.0327. The van der Waals surface area contributed by atoms with Gasteiger partial charge >= 0.3 is 0 Å². The van der Waals surface area contributed by atoms with Gasteiger partial charge in [0.2, 0.25) is 0 Å². The van der Waals surface area contributed by atoms with Crippen LogP contribution in [0.25, 0.3) is 12.2 Å². The van der Waals surface area contributed by atoms with E-state index in [-0.39, 0.29) is 23.0 Å². The first-order valence-corrected chi connectivity index (χ1v) is 7.90. The van der Waals surface area contributed by atoms with Crippen molar-refractivity contribution in [2.75, 3.05) is 0 Å². The average molecular weight is 336 g/mol. The first-order chi connectivity index (χ1) is 12.0. The maximum Gasteiger partial charge on any atom is 0.185 e. The minimum Gasteiger partial charge on any atom is -0.508 e. The number of aliphatic hydroxyl groups is 1.